The molecule has 3 unspecified atom stereocenters. The van der Waals surface area contributed by atoms with Crippen LogP contribution in [0.5, 0.6) is 5.75 Å². The van der Waals surface area contributed by atoms with Crippen molar-refractivity contribution in [2.45, 2.75) is 57.1 Å². The lowest BCUT2D eigenvalue weighted by Crippen LogP contribution is -2.54. The van der Waals surface area contributed by atoms with E-state index >= 15 is 0 Å². The largest absolute Gasteiger partial charge is 0.487 e. The first kappa shape index (κ1) is 30.0. The molecule has 46 heavy (non-hydrogen) atoms. The molecule has 234 valence electrons. The zero-order valence-corrected chi connectivity index (χ0v) is 26.0. The first-order valence-corrected chi connectivity index (χ1v) is 16.2. The van der Waals surface area contributed by atoms with Crippen molar-refractivity contribution in [2.24, 2.45) is 0 Å². The van der Waals surface area contributed by atoms with Crippen molar-refractivity contribution < 1.29 is 14.3 Å². The summed E-state index contributed by atoms with van der Waals surface area (Å²) in [6, 6.07) is 35.2. The van der Waals surface area contributed by atoms with Gasteiger partial charge in [-0.2, -0.15) is 0 Å². The molecular weight excluding hydrogens is 572 g/mol. The number of nitrogens with one attached hydrogen (secondary N) is 2. The maximum absolute atomic E-state index is 13.3. The lowest BCUT2D eigenvalue weighted by Gasteiger charge is -2.39. The second kappa shape index (κ2) is 13.3. The maximum atomic E-state index is 13.3. The smallest absolute Gasteiger partial charge is 0.255 e. The fourth-order valence-corrected chi connectivity index (χ4v) is 6.89. The number of carbonyl (C=O) groups is 2. The average molecular weight is 613 g/mol. The number of nitrogens with zero attached hydrogens (tertiary/aromatic N) is 2. The third-order valence-corrected chi connectivity index (χ3v) is 9.42. The van der Waals surface area contributed by atoms with Gasteiger partial charge in [0.1, 0.15) is 17.9 Å². The minimum absolute atomic E-state index is 0.0811. The van der Waals surface area contributed by atoms with Crippen molar-refractivity contribution in [2.75, 3.05) is 13.1 Å². The zero-order valence-electron chi connectivity index (χ0n) is 26.0. The Morgan fingerprint density at radius 2 is 1.59 bits per heavy atom. The van der Waals surface area contributed by atoms with Gasteiger partial charge >= 0.3 is 0 Å². The molecule has 0 spiro atoms. The number of hydrogen-bond acceptors (Lipinski definition) is 5. The predicted octanol–water partition coefficient (Wildman–Crippen LogP) is 5.91. The molecule has 3 heterocycles. The molecule has 2 fully saturated rings. The number of piperidine rings is 2. The van der Waals surface area contributed by atoms with Crippen LogP contribution < -0.4 is 15.4 Å². The Kier molecular flexibility index (Phi) is 8.68. The lowest BCUT2D eigenvalue weighted by atomic mass is 9.99. The summed E-state index contributed by atoms with van der Waals surface area (Å²) < 4.78 is 6.75. The normalized spacial score (nSPS) is 21.6. The van der Waals surface area contributed by atoms with Gasteiger partial charge in [-0.05, 0) is 65.3 Å². The molecule has 4 aromatic rings. The molecule has 2 N–H and O–H groups in total. The van der Waals surface area contributed by atoms with E-state index in [0.717, 1.165) is 43.9 Å². The number of fused-ring (bicyclic) bond motifs is 1. The molecule has 3 atom stereocenters. The number of benzene rings is 4. The van der Waals surface area contributed by atoms with E-state index in [1.807, 2.05) is 30.3 Å². The highest BCUT2D eigenvalue weighted by molar-refractivity contribution is 6.01. The minimum atomic E-state index is -0.477. The Balaban J connectivity index is 1.05. The summed E-state index contributed by atoms with van der Waals surface area (Å²) in [5.41, 5.74) is 7.22. The number of amides is 2. The van der Waals surface area contributed by atoms with E-state index in [1.54, 1.807) is 4.90 Å². The lowest BCUT2D eigenvalue weighted by molar-refractivity contribution is -0.126. The molecule has 0 saturated carbocycles. The molecule has 0 radical (unpaired) electrons. The minimum Gasteiger partial charge on any atom is -0.487 e. The van der Waals surface area contributed by atoms with E-state index in [-0.39, 0.29) is 24.0 Å². The average Bonchev–Trinajstić information content (AvgIpc) is 3.40. The Morgan fingerprint density at radius 1 is 0.848 bits per heavy atom. The third kappa shape index (κ3) is 6.62. The van der Waals surface area contributed by atoms with Crippen LogP contribution in [0.15, 0.2) is 115 Å². The molecule has 2 amide bonds. The van der Waals surface area contributed by atoms with Crippen LogP contribution in [-0.2, 0) is 24.4 Å². The van der Waals surface area contributed by atoms with Gasteiger partial charge in [0.15, 0.2) is 0 Å². The molecule has 2 saturated heterocycles. The molecule has 7 rings (SSSR count). The summed E-state index contributed by atoms with van der Waals surface area (Å²) in [7, 11) is 0. The summed E-state index contributed by atoms with van der Waals surface area (Å²) in [6.45, 7) is 7.65. The number of rotatable bonds is 9. The molecule has 7 heteroatoms. The van der Waals surface area contributed by atoms with Gasteiger partial charge in [-0.1, -0.05) is 91.5 Å². The van der Waals surface area contributed by atoms with Crippen molar-refractivity contribution in [1.82, 2.24) is 20.4 Å². The molecule has 3 aliphatic heterocycles. The van der Waals surface area contributed by atoms with Crippen LogP contribution in [0.25, 0.3) is 11.1 Å². The van der Waals surface area contributed by atoms with Crippen LogP contribution in [0.3, 0.4) is 0 Å². The van der Waals surface area contributed by atoms with Gasteiger partial charge < -0.3 is 20.3 Å². The summed E-state index contributed by atoms with van der Waals surface area (Å²) in [6.07, 6.45) is 2.15. The van der Waals surface area contributed by atoms with Gasteiger partial charge in [0.05, 0.1) is 0 Å². The first-order chi connectivity index (χ1) is 22.5. The van der Waals surface area contributed by atoms with Crippen LogP contribution >= 0.6 is 0 Å². The van der Waals surface area contributed by atoms with Gasteiger partial charge in [-0.15, -0.1) is 0 Å². The number of likely N-dealkylation sites (tertiary alicyclic amines) is 1. The second-order valence-corrected chi connectivity index (χ2v) is 12.6. The first-order valence-electron chi connectivity index (χ1n) is 16.2. The van der Waals surface area contributed by atoms with Gasteiger partial charge in [-0.3, -0.25) is 14.5 Å². The predicted molar refractivity (Wildman–Crippen MR) is 180 cm³/mol. The van der Waals surface area contributed by atoms with E-state index in [1.165, 1.54) is 22.3 Å². The van der Waals surface area contributed by atoms with Gasteiger partial charge in [0.2, 0.25) is 5.91 Å². The molecular formula is C39H40N4O3. The standard InChI is InChI=1S/C39H40N4O3/c1-27-12-19-36(38(44)41-27)43-25-32-22-33(17-18-34(32)39(43)45)46-37-26-42(21-20-35(37)40-23-28-8-4-2-5-9-28)24-29-13-15-31(16-14-29)30-10-6-3-7-11-30/h2-11,13-18,22,35-37,40H,1,12,19-21,23-26H2,(H,41,44). The Labute approximate surface area is 270 Å². The third-order valence-electron chi connectivity index (χ3n) is 9.42. The summed E-state index contributed by atoms with van der Waals surface area (Å²) in [5.74, 6) is 0.498. The SMILES string of the molecule is C=C1CCC(N2Cc3cc(OC4CN(Cc5ccc(-c6ccccc6)cc5)CCC4NCc4ccccc4)ccc3C2=O)C(=O)N1. The van der Waals surface area contributed by atoms with Gasteiger partial charge in [-0.25, -0.2) is 0 Å². The van der Waals surface area contributed by atoms with Crippen LogP contribution in [0.1, 0.15) is 46.3 Å². The highest BCUT2D eigenvalue weighted by atomic mass is 16.5. The molecule has 0 bridgehead atoms. The van der Waals surface area contributed by atoms with Crippen LogP contribution in [-0.4, -0.2) is 52.9 Å². The molecule has 0 aromatic heterocycles. The number of carbonyl (C=O) groups excluding carboxylic acids is 2. The zero-order chi connectivity index (χ0) is 31.5. The fraction of sp³-hybridized carbons (Fsp3) is 0.282. The Morgan fingerprint density at radius 3 is 2.35 bits per heavy atom. The monoisotopic (exact) mass is 612 g/mol. The van der Waals surface area contributed by atoms with Gasteiger partial charge in [0.25, 0.3) is 5.91 Å². The molecule has 3 aliphatic rings. The van der Waals surface area contributed by atoms with Crippen molar-refractivity contribution in [1.29, 1.82) is 0 Å². The highest BCUT2D eigenvalue weighted by Gasteiger charge is 2.38. The van der Waals surface area contributed by atoms with E-state index in [2.05, 4.69) is 94.9 Å². The molecule has 4 aromatic carbocycles. The number of hydrogen-bond donors (Lipinski definition) is 2. The van der Waals surface area contributed by atoms with Crippen LogP contribution in [0.4, 0.5) is 0 Å². The molecule has 0 aliphatic carbocycles. The van der Waals surface area contributed by atoms with Crippen molar-refractivity contribution in [3.05, 3.63) is 138 Å². The highest BCUT2D eigenvalue weighted by Crippen LogP contribution is 2.32. The van der Waals surface area contributed by atoms with Crippen molar-refractivity contribution in [3.63, 3.8) is 0 Å². The molecule has 7 nitrogen and oxygen atoms in total. The van der Waals surface area contributed by atoms with E-state index in [4.69, 9.17) is 4.74 Å². The van der Waals surface area contributed by atoms with E-state index in [0.29, 0.717) is 30.6 Å². The number of ether oxygens (including phenoxy) is 1. The second-order valence-electron chi connectivity index (χ2n) is 12.6. The Bertz CT molecular complexity index is 1710. The Hall–Kier alpha value is -4.72. The summed E-state index contributed by atoms with van der Waals surface area (Å²) in [4.78, 5) is 30.1. The van der Waals surface area contributed by atoms with Crippen LogP contribution in [0, 0.1) is 0 Å². The van der Waals surface area contributed by atoms with Gasteiger partial charge in [0, 0.05) is 50.0 Å². The van der Waals surface area contributed by atoms with E-state index in [9.17, 15) is 9.59 Å². The fourth-order valence-electron chi connectivity index (χ4n) is 6.89. The topological polar surface area (TPSA) is 73.9 Å². The van der Waals surface area contributed by atoms with E-state index < -0.39 is 6.04 Å². The summed E-state index contributed by atoms with van der Waals surface area (Å²) >= 11 is 0. The quantitative estimate of drug-likeness (QED) is 0.246. The van der Waals surface area contributed by atoms with Crippen LogP contribution in [0.2, 0.25) is 0 Å². The summed E-state index contributed by atoms with van der Waals surface area (Å²) in [5, 5.41) is 6.59. The van der Waals surface area contributed by atoms with Crippen molar-refractivity contribution in [3.8, 4) is 16.9 Å². The number of allylic oxidation sites excluding steroid dienone is 1. The maximum Gasteiger partial charge on any atom is 0.255 e. The van der Waals surface area contributed by atoms with Crippen molar-refractivity contribution >= 4 is 11.8 Å².